The molecule has 0 fully saturated rings. The number of nitrogens with zero attached hydrogens (tertiary/aromatic N) is 2. The minimum absolute atomic E-state index is 0.215. The highest BCUT2D eigenvalue weighted by molar-refractivity contribution is 5.36. The van der Waals surface area contributed by atoms with Gasteiger partial charge in [0.2, 0.25) is 0 Å². The quantitative estimate of drug-likeness (QED) is 0.789. The summed E-state index contributed by atoms with van der Waals surface area (Å²) in [7, 11) is 0. The average molecular weight is 279 g/mol. The van der Waals surface area contributed by atoms with E-state index in [2.05, 4.69) is 9.97 Å². The molecule has 104 valence electrons. The van der Waals surface area contributed by atoms with Crippen molar-refractivity contribution < 1.29 is 9.47 Å². The maximum Gasteiger partial charge on any atom is 0.323 e. The first-order valence-electron chi connectivity index (χ1n) is 6.39. The van der Waals surface area contributed by atoms with Crippen LogP contribution in [0.3, 0.4) is 0 Å². The minimum Gasteiger partial charge on any atom is -0.457 e. The second-order valence-electron chi connectivity index (χ2n) is 4.25. The van der Waals surface area contributed by atoms with E-state index >= 15 is 0 Å². The van der Waals surface area contributed by atoms with Gasteiger partial charge in [0.05, 0.1) is 0 Å². The first-order valence-corrected chi connectivity index (χ1v) is 6.39. The highest BCUT2D eigenvalue weighted by Crippen LogP contribution is 2.25. The topological polar surface area (TPSA) is 70.3 Å². The van der Waals surface area contributed by atoms with E-state index in [1.54, 1.807) is 24.4 Å². The molecule has 3 aromatic rings. The highest BCUT2D eigenvalue weighted by atomic mass is 16.5. The van der Waals surface area contributed by atoms with Crippen LogP contribution in [0.15, 0.2) is 66.9 Å². The zero-order valence-corrected chi connectivity index (χ0v) is 11.1. The summed E-state index contributed by atoms with van der Waals surface area (Å²) in [5.41, 5.74) is 5.57. The van der Waals surface area contributed by atoms with Crippen molar-refractivity contribution in [2.75, 3.05) is 5.73 Å². The van der Waals surface area contributed by atoms with E-state index in [1.165, 1.54) is 0 Å². The molecule has 0 aliphatic rings. The predicted molar refractivity (Wildman–Crippen MR) is 79.5 cm³/mol. The van der Waals surface area contributed by atoms with Gasteiger partial charge in [-0.3, -0.25) is 0 Å². The fourth-order valence-corrected chi connectivity index (χ4v) is 1.71. The Morgan fingerprint density at radius 2 is 1.33 bits per heavy atom. The number of hydrogen-bond acceptors (Lipinski definition) is 5. The minimum atomic E-state index is 0.215. The van der Waals surface area contributed by atoms with E-state index in [9.17, 15) is 0 Å². The number of para-hydroxylation sites is 1. The average Bonchev–Trinajstić information content (AvgIpc) is 2.50. The lowest BCUT2D eigenvalue weighted by molar-refractivity contribution is 0.439. The number of nitrogens with two attached hydrogens (primary N) is 1. The fraction of sp³-hybridized carbons (Fsp3) is 0. The molecular weight excluding hydrogens is 266 g/mol. The van der Waals surface area contributed by atoms with Crippen LogP contribution in [0.4, 0.5) is 5.82 Å². The van der Waals surface area contributed by atoms with Gasteiger partial charge < -0.3 is 15.2 Å². The molecule has 0 radical (unpaired) electrons. The third-order valence-electron chi connectivity index (χ3n) is 2.67. The zero-order valence-electron chi connectivity index (χ0n) is 11.1. The second kappa shape index (κ2) is 5.92. The molecule has 0 aliphatic heterocycles. The van der Waals surface area contributed by atoms with Crippen molar-refractivity contribution in [1.29, 1.82) is 0 Å². The number of nitrogen functional groups attached to an aromatic ring is 1. The molecule has 0 saturated heterocycles. The zero-order chi connectivity index (χ0) is 14.5. The van der Waals surface area contributed by atoms with Gasteiger partial charge in [0.25, 0.3) is 0 Å². The van der Waals surface area contributed by atoms with Crippen molar-refractivity contribution in [3.63, 3.8) is 0 Å². The summed E-state index contributed by atoms with van der Waals surface area (Å²) in [4.78, 5) is 7.95. The number of hydrogen-bond donors (Lipinski definition) is 1. The number of benzene rings is 2. The van der Waals surface area contributed by atoms with Crippen molar-refractivity contribution in [2.24, 2.45) is 0 Å². The van der Waals surface area contributed by atoms with Crippen LogP contribution in [-0.2, 0) is 0 Å². The number of rotatable bonds is 4. The molecule has 0 unspecified atom stereocenters. The van der Waals surface area contributed by atoms with Crippen LogP contribution in [0.25, 0.3) is 0 Å². The smallest absolute Gasteiger partial charge is 0.323 e. The molecule has 1 aromatic heterocycles. The summed E-state index contributed by atoms with van der Waals surface area (Å²) in [6, 6.07) is 18.6. The lowest BCUT2D eigenvalue weighted by atomic mass is 10.3. The molecular formula is C16H13N3O2. The maximum atomic E-state index is 5.70. The Balaban J connectivity index is 1.69. The van der Waals surface area contributed by atoms with Gasteiger partial charge in [0.1, 0.15) is 23.1 Å². The Morgan fingerprint density at radius 3 is 2.00 bits per heavy atom. The summed E-state index contributed by atoms with van der Waals surface area (Å²) in [5, 5.41) is 0. The van der Waals surface area contributed by atoms with Gasteiger partial charge in [0, 0.05) is 6.20 Å². The summed E-state index contributed by atoms with van der Waals surface area (Å²) >= 11 is 0. The predicted octanol–water partition coefficient (Wildman–Crippen LogP) is 3.64. The fourth-order valence-electron chi connectivity index (χ4n) is 1.71. The molecule has 3 rings (SSSR count). The molecule has 0 saturated carbocycles. The summed E-state index contributed by atoms with van der Waals surface area (Å²) in [6.07, 6.45) is 1.55. The van der Waals surface area contributed by atoms with Gasteiger partial charge in [-0.25, -0.2) is 4.98 Å². The van der Waals surface area contributed by atoms with E-state index in [0.717, 1.165) is 11.5 Å². The van der Waals surface area contributed by atoms with Crippen molar-refractivity contribution >= 4 is 5.82 Å². The van der Waals surface area contributed by atoms with Gasteiger partial charge in [0.15, 0.2) is 0 Å². The normalized spacial score (nSPS) is 10.1. The van der Waals surface area contributed by atoms with E-state index in [-0.39, 0.29) is 6.01 Å². The van der Waals surface area contributed by atoms with Crippen LogP contribution in [0.1, 0.15) is 0 Å². The van der Waals surface area contributed by atoms with E-state index in [0.29, 0.717) is 11.6 Å². The Kier molecular flexibility index (Phi) is 3.64. The van der Waals surface area contributed by atoms with Crippen LogP contribution in [0.5, 0.6) is 23.3 Å². The van der Waals surface area contributed by atoms with Crippen LogP contribution >= 0.6 is 0 Å². The Morgan fingerprint density at radius 1 is 0.714 bits per heavy atom. The van der Waals surface area contributed by atoms with Crippen LogP contribution in [-0.4, -0.2) is 9.97 Å². The molecule has 2 N–H and O–H groups in total. The first kappa shape index (κ1) is 12.9. The molecule has 21 heavy (non-hydrogen) atoms. The highest BCUT2D eigenvalue weighted by Gasteiger charge is 2.02. The van der Waals surface area contributed by atoms with Crippen LogP contribution in [0.2, 0.25) is 0 Å². The Labute approximate surface area is 122 Å². The van der Waals surface area contributed by atoms with Gasteiger partial charge in [-0.2, -0.15) is 4.98 Å². The molecule has 5 heteroatoms. The standard InChI is InChI=1S/C16H13N3O2/c17-15-10-11-18-16(19-15)21-14-8-6-13(7-9-14)20-12-4-2-1-3-5-12/h1-11H,(H2,17,18,19). The van der Waals surface area contributed by atoms with Gasteiger partial charge in [-0.15, -0.1) is 0 Å². The van der Waals surface area contributed by atoms with Gasteiger partial charge >= 0.3 is 6.01 Å². The van der Waals surface area contributed by atoms with E-state index < -0.39 is 0 Å². The SMILES string of the molecule is Nc1ccnc(Oc2ccc(Oc3ccccc3)cc2)n1. The number of anilines is 1. The third-order valence-corrected chi connectivity index (χ3v) is 2.67. The number of aromatic nitrogens is 2. The molecule has 0 aliphatic carbocycles. The van der Waals surface area contributed by atoms with E-state index in [1.807, 2.05) is 42.5 Å². The molecule has 0 bridgehead atoms. The van der Waals surface area contributed by atoms with Crippen molar-refractivity contribution in [2.45, 2.75) is 0 Å². The lowest BCUT2D eigenvalue weighted by Gasteiger charge is -2.07. The third kappa shape index (κ3) is 3.48. The lowest BCUT2D eigenvalue weighted by Crippen LogP contribution is -1.95. The van der Waals surface area contributed by atoms with Crippen LogP contribution < -0.4 is 15.2 Å². The second-order valence-corrected chi connectivity index (χ2v) is 4.25. The van der Waals surface area contributed by atoms with Crippen molar-refractivity contribution in [1.82, 2.24) is 9.97 Å². The van der Waals surface area contributed by atoms with Gasteiger partial charge in [-0.1, -0.05) is 18.2 Å². The molecule has 5 nitrogen and oxygen atoms in total. The van der Waals surface area contributed by atoms with Crippen LogP contribution in [0, 0.1) is 0 Å². The summed E-state index contributed by atoms with van der Waals surface area (Å²) in [5.74, 6) is 2.48. The Bertz CT molecular complexity index is 715. The molecule has 2 aromatic carbocycles. The molecule has 0 atom stereocenters. The molecule has 0 spiro atoms. The number of ether oxygens (including phenoxy) is 2. The summed E-state index contributed by atoms with van der Waals surface area (Å²) in [6.45, 7) is 0. The molecule has 1 heterocycles. The molecule has 0 amide bonds. The van der Waals surface area contributed by atoms with Crippen molar-refractivity contribution in [3.05, 3.63) is 66.9 Å². The monoisotopic (exact) mass is 279 g/mol. The van der Waals surface area contributed by atoms with E-state index in [4.69, 9.17) is 15.2 Å². The summed E-state index contributed by atoms with van der Waals surface area (Å²) < 4.78 is 11.2. The van der Waals surface area contributed by atoms with Gasteiger partial charge in [-0.05, 0) is 42.5 Å². The largest absolute Gasteiger partial charge is 0.457 e. The maximum absolute atomic E-state index is 5.70. The first-order chi connectivity index (χ1) is 10.3. The Hall–Kier alpha value is -3.08. The van der Waals surface area contributed by atoms with Crippen molar-refractivity contribution in [3.8, 4) is 23.3 Å².